The Morgan fingerprint density at radius 2 is 2.12 bits per heavy atom. The fourth-order valence-electron chi connectivity index (χ4n) is 3.77. The molecule has 0 aliphatic heterocycles. The molecule has 0 saturated heterocycles. The minimum absolute atomic E-state index is 0.0756. The number of aromatic nitrogens is 1. The number of carboxylic acid groups (broad SMARTS) is 1. The molecule has 6 heteroatoms. The zero-order valence-corrected chi connectivity index (χ0v) is 15.1. The molecule has 1 aromatic carbocycles. The number of nitrogens with zero attached hydrogens (tertiary/aromatic N) is 1. The third-order valence-corrected chi connectivity index (χ3v) is 5.17. The van der Waals surface area contributed by atoms with Crippen LogP contribution in [0.15, 0.2) is 28.8 Å². The zero-order valence-electron chi connectivity index (χ0n) is 15.1. The lowest BCUT2D eigenvalue weighted by Gasteiger charge is -2.28. The van der Waals surface area contributed by atoms with Crippen molar-refractivity contribution in [3.63, 3.8) is 0 Å². The van der Waals surface area contributed by atoms with E-state index in [9.17, 15) is 14.7 Å². The Labute approximate surface area is 152 Å². The number of fused-ring (bicyclic) bond motifs is 1. The van der Waals surface area contributed by atoms with Gasteiger partial charge >= 0.3 is 5.97 Å². The number of hydrogen-bond acceptors (Lipinski definition) is 4. The van der Waals surface area contributed by atoms with Crippen molar-refractivity contribution in [2.75, 3.05) is 0 Å². The van der Waals surface area contributed by atoms with Crippen LogP contribution in [0.1, 0.15) is 53.3 Å². The van der Waals surface area contributed by atoms with Crippen LogP contribution < -0.4 is 5.32 Å². The van der Waals surface area contributed by atoms with Gasteiger partial charge in [0.15, 0.2) is 0 Å². The molecular formula is C20H24N2O4. The molecule has 0 bridgehead atoms. The largest absolute Gasteiger partial charge is 0.480 e. The van der Waals surface area contributed by atoms with E-state index >= 15 is 0 Å². The molecule has 1 heterocycles. The van der Waals surface area contributed by atoms with Crippen LogP contribution in [-0.4, -0.2) is 28.2 Å². The van der Waals surface area contributed by atoms with Crippen molar-refractivity contribution in [2.24, 2.45) is 0 Å². The summed E-state index contributed by atoms with van der Waals surface area (Å²) in [6.45, 7) is 3.52. The first-order valence-corrected chi connectivity index (χ1v) is 8.97. The van der Waals surface area contributed by atoms with Crippen molar-refractivity contribution in [1.82, 2.24) is 10.5 Å². The summed E-state index contributed by atoms with van der Waals surface area (Å²) in [6.07, 6.45) is 3.50. The first-order valence-electron chi connectivity index (χ1n) is 8.97. The lowest BCUT2D eigenvalue weighted by Crippen LogP contribution is -2.42. The normalized spacial score (nSPS) is 17.4. The quantitative estimate of drug-likeness (QED) is 0.830. The van der Waals surface area contributed by atoms with E-state index < -0.39 is 12.0 Å². The lowest BCUT2D eigenvalue weighted by atomic mass is 9.79. The number of carbonyl (C=O) groups is 2. The van der Waals surface area contributed by atoms with Crippen LogP contribution in [0.25, 0.3) is 0 Å². The van der Waals surface area contributed by atoms with Crippen molar-refractivity contribution < 1.29 is 19.2 Å². The molecule has 3 rings (SSSR count). The maximum absolute atomic E-state index is 12.4. The summed E-state index contributed by atoms with van der Waals surface area (Å²) in [6, 6.07) is 7.28. The Morgan fingerprint density at radius 1 is 1.35 bits per heavy atom. The van der Waals surface area contributed by atoms with Gasteiger partial charge in [0.25, 0.3) is 0 Å². The second-order valence-electron chi connectivity index (χ2n) is 6.96. The minimum atomic E-state index is -1.000. The highest BCUT2D eigenvalue weighted by Crippen LogP contribution is 2.34. The van der Waals surface area contributed by atoms with Crippen LogP contribution in [0.4, 0.5) is 0 Å². The van der Waals surface area contributed by atoms with E-state index in [-0.39, 0.29) is 18.2 Å². The van der Waals surface area contributed by atoms with Crippen LogP contribution in [0.5, 0.6) is 0 Å². The van der Waals surface area contributed by atoms with Crippen molar-refractivity contribution in [1.29, 1.82) is 0 Å². The molecule has 0 radical (unpaired) electrons. The number of aliphatic carboxylic acids is 1. The van der Waals surface area contributed by atoms with Gasteiger partial charge in [-0.15, -0.1) is 0 Å². The van der Waals surface area contributed by atoms with Gasteiger partial charge in [-0.05, 0) is 56.6 Å². The first kappa shape index (κ1) is 18.2. The summed E-state index contributed by atoms with van der Waals surface area (Å²) < 4.78 is 5.06. The predicted molar refractivity (Wildman–Crippen MR) is 96.0 cm³/mol. The molecule has 26 heavy (non-hydrogen) atoms. The number of carbonyl (C=O) groups excluding carboxylic acids is 1. The molecular weight excluding hydrogens is 332 g/mol. The number of benzene rings is 1. The molecule has 0 spiro atoms. The smallest absolute Gasteiger partial charge is 0.326 e. The SMILES string of the molecule is Cc1noc(C)c1CC(=O)NC(CC1CCCc2ccccc21)C(=O)O. The van der Waals surface area contributed by atoms with Crippen LogP contribution in [-0.2, 0) is 22.4 Å². The Bertz CT molecular complexity index is 792. The molecule has 0 saturated carbocycles. The maximum atomic E-state index is 12.4. The van der Waals surface area contributed by atoms with Crippen LogP contribution in [0, 0.1) is 13.8 Å². The third kappa shape index (κ3) is 3.95. The summed E-state index contributed by atoms with van der Waals surface area (Å²) in [7, 11) is 0. The molecule has 1 aliphatic carbocycles. The summed E-state index contributed by atoms with van der Waals surface area (Å²) in [5.74, 6) is -0.581. The van der Waals surface area contributed by atoms with Gasteiger partial charge in [-0.25, -0.2) is 4.79 Å². The van der Waals surface area contributed by atoms with Gasteiger partial charge in [0.2, 0.25) is 5.91 Å². The van der Waals surface area contributed by atoms with Gasteiger partial charge in [-0.3, -0.25) is 4.79 Å². The zero-order chi connectivity index (χ0) is 18.7. The second kappa shape index (κ2) is 7.72. The van der Waals surface area contributed by atoms with Gasteiger partial charge in [-0.1, -0.05) is 29.4 Å². The second-order valence-corrected chi connectivity index (χ2v) is 6.96. The van der Waals surface area contributed by atoms with Crippen molar-refractivity contribution in [2.45, 2.75) is 57.9 Å². The van der Waals surface area contributed by atoms with E-state index in [4.69, 9.17) is 4.52 Å². The molecule has 138 valence electrons. The summed E-state index contributed by atoms with van der Waals surface area (Å²) >= 11 is 0. The summed E-state index contributed by atoms with van der Waals surface area (Å²) in [4.78, 5) is 24.1. The standard InChI is InChI=1S/C20H24N2O4/c1-12-17(13(2)26-22-12)11-19(23)21-18(20(24)25)10-15-8-5-7-14-6-3-4-9-16(14)15/h3-4,6,9,15,18H,5,7-8,10-11H2,1-2H3,(H,21,23)(H,24,25). The highest BCUT2D eigenvalue weighted by atomic mass is 16.5. The van der Waals surface area contributed by atoms with E-state index in [0.717, 1.165) is 24.8 Å². The van der Waals surface area contributed by atoms with Crippen LogP contribution >= 0.6 is 0 Å². The highest BCUT2D eigenvalue weighted by molar-refractivity contribution is 5.85. The van der Waals surface area contributed by atoms with Crippen molar-refractivity contribution in [3.8, 4) is 0 Å². The van der Waals surface area contributed by atoms with Crippen LogP contribution in [0.2, 0.25) is 0 Å². The average Bonchev–Trinajstić information content (AvgIpc) is 2.93. The molecule has 1 amide bonds. The number of nitrogens with one attached hydrogen (secondary N) is 1. The third-order valence-electron chi connectivity index (χ3n) is 5.17. The van der Waals surface area contributed by atoms with E-state index in [0.29, 0.717) is 17.9 Å². The number of hydrogen-bond donors (Lipinski definition) is 2. The van der Waals surface area contributed by atoms with E-state index in [1.807, 2.05) is 12.1 Å². The van der Waals surface area contributed by atoms with Gasteiger partial charge < -0.3 is 14.9 Å². The molecule has 1 aliphatic rings. The van der Waals surface area contributed by atoms with Gasteiger partial charge in [0.05, 0.1) is 12.1 Å². The summed E-state index contributed by atoms with van der Waals surface area (Å²) in [5, 5.41) is 16.1. The fourth-order valence-corrected chi connectivity index (χ4v) is 3.77. The molecule has 2 unspecified atom stereocenters. The Hall–Kier alpha value is -2.63. The number of carboxylic acids is 1. The summed E-state index contributed by atoms with van der Waals surface area (Å²) in [5.41, 5.74) is 3.88. The van der Waals surface area contributed by atoms with Gasteiger partial charge in [0.1, 0.15) is 11.8 Å². The van der Waals surface area contributed by atoms with Crippen molar-refractivity contribution in [3.05, 3.63) is 52.4 Å². The highest BCUT2D eigenvalue weighted by Gasteiger charge is 2.28. The Balaban J connectivity index is 1.69. The van der Waals surface area contributed by atoms with E-state index in [1.165, 1.54) is 11.1 Å². The topological polar surface area (TPSA) is 92.4 Å². The van der Waals surface area contributed by atoms with E-state index in [2.05, 4.69) is 22.6 Å². The number of rotatable bonds is 6. The van der Waals surface area contributed by atoms with Crippen LogP contribution in [0.3, 0.4) is 0 Å². The number of amides is 1. The molecule has 2 N–H and O–H groups in total. The van der Waals surface area contributed by atoms with Crippen molar-refractivity contribution >= 4 is 11.9 Å². The monoisotopic (exact) mass is 356 g/mol. The average molecular weight is 356 g/mol. The molecule has 6 nitrogen and oxygen atoms in total. The van der Waals surface area contributed by atoms with Gasteiger partial charge in [0, 0.05) is 5.56 Å². The predicted octanol–water partition coefficient (Wildman–Crippen LogP) is 2.91. The minimum Gasteiger partial charge on any atom is -0.480 e. The fraction of sp³-hybridized carbons (Fsp3) is 0.450. The molecule has 0 fully saturated rings. The Morgan fingerprint density at radius 3 is 2.81 bits per heavy atom. The maximum Gasteiger partial charge on any atom is 0.326 e. The lowest BCUT2D eigenvalue weighted by molar-refractivity contribution is -0.142. The number of aryl methyl sites for hydroxylation is 3. The molecule has 2 atom stereocenters. The van der Waals surface area contributed by atoms with E-state index in [1.54, 1.807) is 13.8 Å². The molecule has 2 aromatic rings. The first-order chi connectivity index (χ1) is 12.5. The van der Waals surface area contributed by atoms with Gasteiger partial charge in [-0.2, -0.15) is 0 Å². The Kier molecular flexibility index (Phi) is 5.40. The molecule has 1 aromatic heterocycles.